The summed E-state index contributed by atoms with van der Waals surface area (Å²) in [6, 6.07) is 3.66. The number of carbonyl (C=O) groups is 1. The summed E-state index contributed by atoms with van der Waals surface area (Å²) < 4.78 is 0. The van der Waals surface area contributed by atoms with E-state index in [1.165, 1.54) is 22.7 Å². The van der Waals surface area contributed by atoms with Gasteiger partial charge in [0.15, 0.2) is 5.13 Å². The average Bonchev–Trinajstić information content (AvgIpc) is 3.25. The molecule has 0 bridgehead atoms. The number of amides is 1. The third-order valence-corrected chi connectivity index (χ3v) is 5.04. The van der Waals surface area contributed by atoms with Gasteiger partial charge in [0.2, 0.25) is 0 Å². The van der Waals surface area contributed by atoms with E-state index in [1.807, 2.05) is 24.4 Å². The summed E-state index contributed by atoms with van der Waals surface area (Å²) in [6.07, 6.45) is 3.50. The van der Waals surface area contributed by atoms with E-state index in [0.717, 1.165) is 21.4 Å². The highest BCUT2D eigenvalue weighted by molar-refractivity contribution is 7.13. The highest BCUT2D eigenvalue weighted by Gasteiger charge is 2.17. The van der Waals surface area contributed by atoms with Crippen molar-refractivity contribution < 1.29 is 4.79 Å². The summed E-state index contributed by atoms with van der Waals surface area (Å²) in [6.45, 7) is 1.91. The third kappa shape index (κ3) is 3.54. The topological polar surface area (TPSA) is 79.8 Å². The number of nitrogens with one attached hydrogen (secondary N) is 2. The second-order valence-corrected chi connectivity index (χ2v) is 6.54. The minimum atomic E-state index is -0.201. The Morgan fingerprint density at radius 3 is 2.83 bits per heavy atom. The summed E-state index contributed by atoms with van der Waals surface area (Å²) >= 11 is 2.91. The molecule has 0 spiro atoms. The first-order valence-electron chi connectivity index (χ1n) is 6.97. The minimum Gasteiger partial charge on any atom is -0.365 e. The zero-order valence-corrected chi connectivity index (χ0v) is 14.2. The van der Waals surface area contributed by atoms with Crippen LogP contribution in [0.4, 0.5) is 5.13 Å². The maximum atomic E-state index is 12.2. The van der Waals surface area contributed by atoms with E-state index in [2.05, 4.69) is 25.6 Å². The normalized spacial score (nSPS) is 11.9. The fourth-order valence-corrected chi connectivity index (χ4v) is 3.45. The van der Waals surface area contributed by atoms with Gasteiger partial charge in [-0.2, -0.15) is 0 Å². The van der Waals surface area contributed by atoms with Crippen molar-refractivity contribution in [1.29, 1.82) is 0 Å². The lowest BCUT2D eigenvalue weighted by atomic mass is 10.2. The lowest BCUT2D eigenvalue weighted by Crippen LogP contribution is -2.26. The first-order valence-corrected chi connectivity index (χ1v) is 8.73. The van der Waals surface area contributed by atoms with Crippen LogP contribution in [0.1, 0.15) is 28.5 Å². The molecular weight excluding hydrogens is 330 g/mol. The molecule has 0 unspecified atom stereocenters. The highest BCUT2D eigenvalue weighted by Crippen LogP contribution is 2.25. The number of aromatic nitrogens is 3. The number of anilines is 1. The van der Waals surface area contributed by atoms with Gasteiger partial charge in [0.25, 0.3) is 5.91 Å². The number of thiazole rings is 2. The monoisotopic (exact) mass is 345 g/mol. The lowest BCUT2D eigenvalue weighted by molar-refractivity contribution is 0.0935. The molecule has 23 heavy (non-hydrogen) atoms. The van der Waals surface area contributed by atoms with Crippen LogP contribution in [0, 0.1) is 0 Å². The molecule has 0 aromatic carbocycles. The summed E-state index contributed by atoms with van der Waals surface area (Å²) in [5.74, 6) is -0.201. The van der Waals surface area contributed by atoms with Crippen molar-refractivity contribution in [3.05, 3.63) is 46.0 Å². The number of pyridine rings is 1. The van der Waals surface area contributed by atoms with E-state index in [9.17, 15) is 4.79 Å². The van der Waals surface area contributed by atoms with Gasteiger partial charge in [-0.05, 0) is 19.1 Å². The molecule has 0 saturated carbocycles. The van der Waals surface area contributed by atoms with Crippen LogP contribution < -0.4 is 10.6 Å². The summed E-state index contributed by atoms with van der Waals surface area (Å²) in [5, 5.41) is 11.1. The van der Waals surface area contributed by atoms with Gasteiger partial charge in [-0.3, -0.25) is 9.78 Å². The van der Waals surface area contributed by atoms with E-state index in [1.54, 1.807) is 24.8 Å². The van der Waals surface area contributed by atoms with Crippen molar-refractivity contribution in [2.24, 2.45) is 0 Å². The number of carbonyl (C=O) groups excluding carboxylic acids is 1. The maximum absolute atomic E-state index is 12.2. The van der Waals surface area contributed by atoms with Crippen LogP contribution in [0.15, 0.2) is 35.3 Å². The van der Waals surface area contributed by atoms with E-state index in [-0.39, 0.29) is 11.9 Å². The smallest absolute Gasteiger partial charge is 0.271 e. The second-order valence-electron chi connectivity index (χ2n) is 4.80. The molecule has 0 fully saturated rings. The zero-order chi connectivity index (χ0) is 16.2. The Kier molecular flexibility index (Phi) is 4.63. The van der Waals surface area contributed by atoms with Gasteiger partial charge < -0.3 is 10.6 Å². The Labute approximate surface area is 141 Å². The Morgan fingerprint density at radius 2 is 2.13 bits per heavy atom. The van der Waals surface area contributed by atoms with Crippen LogP contribution in [0.5, 0.6) is 0 Å². The largest absolute Gasteiger partial charge is 0.365 e. The Hall–Kier alpha value is -2.32. The van der Waals surface area contributed by atoms with Gasteiger partial charge in [0, 0.05) is 35.8 Å². The maximum Gasteiger partial charge on any atom is 0.271 e. The fraction of sp³-hybridized carbons (Fsp3) is 0.200. The number of hydrogen-bond acceptors (Lipinski definition) is 7. The minimum absolute atomic E-state index is 0.183. The lowest BCUT2D eigenvalue weighted by Gasteiger charge is -2.09. The predicted octanol–water partition coefficient (Wildman–Crippen LogP) is 3.19. The van der Waals surface area contributed by atoms with Crippen molar-refractivity contribution in [2.45, 2.75) is 13.0 Å². The van der Waals surface area contributed by atoms with Crippen LogP contribution in [0.3, 0.4) is 0 Å². The van der Waals surface area contributed by atoms with Crippen LogP contribution >= 0.6 is 22.7 Å². The van der Waals surface area contributed by atoms with Crippen LogP contribution in [-0.2, 0) is 0 Å². The second kappa shape index (κ2) is 6.84. The van der Waals surface area contributed by atoms with E-state index in [0.29, 0.717) is 5.69 Å². The first-order chi connectivity index (χ1) is 11.2. The third-order valence-electron chi connectivity index (χ3n) is 3.15. The van der Waals surface area contributed by atoms with Crippen molar-refractivity contribution in [1.82, 2.24) is 20.3 Å². The number of rotatable bonds is 5. The Bertz CT molecular complexity index is 799. The molecule has 0 radical (unpaired) electrons. The van der Waals surface area contributed by atoms with E-state index < -0.39 is 0 Å². The summed E-state index contributed by atoms with van der Waals surface area (Å²) in [4.78, 5) is 25.1. The zero-order valence-electron chi connectivity index (χ0n) is 12.6. The molecule has 6 nitrogen and oxygen atoms in total. The van der Waals surface area contributed by atoms with Crippen molar-refractivity contribution in [2.75, 3.05) is 12.4 Å². The Morgan fingerprint density at radius 1 is 1.26 bits per heavy atom. The number of hydrogen-bond donors (Lipinski definition) is 2. The van der Waals surface area contributed by atoms with Gasteiger partial charge >= 0.3 is 0 Å². The molecule has 2 N–H and O–H groups in total. The molecule has 3 aromatic heterocycles. The number of nitrogens with zero attached hydrogens (tertiary/aromatic N) is 3. The molecule has 8 heteroatoms. The summed E-state index contributed by atoms with van der Waals surface area (Å²) in [7, 11) is 1.78. The van der Waals surface area contributed by atoms with Crippen molar-refractivity contribution in [3.8, 4) is 11.3 Å². The first kappa shape index (κ1) is 15.6. The van der Waals surface area contributed by atoms with Crippen molar-refractivity contribution >= 4 is 33.7 Å². The molecule has 3 heterocycles. The molecule has 0 aliphatic carbocycles. The molecule has 1 atom stereocenters. The Balaban J connectivity index is 1.70. The van der Waals surface area contributed by atoms with E-state index >= 15 is 0 Å². The van der Waals surface area contributed by atoms with Gasteiger partial charge in [-0.1, -0.05) is 0 Å². The fourth-order valence-electron chi connectivity index (χ4n) is 1.96. The molecular formula is C15H15N5OS2. The van der Waals surface area contributed by atoms with Gasteiger partial charge in [-0.25, -0.2) is 9.97 Å². The SMILES string of the molecule is CNc1nc(C(=O)N[C@H](C)c2nc(-c3cccnc3)cs2)cs1. The highest BCUT2D eigenvalue weighted by atomic mass is 32.1. The van der Waals surface area contributed by atoms with Crippen LogP contribution in [0.2, 0.25) is 0 Å². The molecule has 0 aliphatic heterocycles. The average molecular weight is 345 g/mol. The molecule has 1 amide bonds. The molecule has 3 aromatic rings. The van der Waals surface area contributed by atoms with E-state index in [4.69, 9.17) is 0 Å². The quantitative estimate of drug-likeness (QED) is 0.742. The molecule has 0 aliphatic rings. The summed E-state index contributed by atoms with van der Waals surface area (Å²) in [5.41, 5.74) is 2.24. The standard InChI is InChI=1S/C15H15N5OS2/c1-9(18-13(21)12-8-23-15(16-2)20-12)14-19-11(7-22-14)10-4-3-5-17-6-10/h3-9H,1-2H3,(H,16,20)(H,18,21)/t9-/m1/s1. The molecule has 3 rings (SSSR count). The predicted molar refractivity (Wildman–Crippen MR) is 92.9 cm³/mol. The molecule has 0 saturated heterocycles. The van der Waals surface area contributed by atoms with Crippen LogP contribution in [-0.4, -0.2) is 27.9 Å². The van der Waals surface area contributed by atoms with Crippen LogP contribution in [0.25, 0.3) is 11.3 Å². The molecule has 118 valence electrons. The van der Waals surface area contributed by atoms with Gasteiger partial charge in [0.05, 0.1) is 11.7 Å². The van der Waals surface area contributed by atoms with Gasteiger partial charge in [-0.15, -0.1) is 22.7 Å². The van der Waals surface area contributed by atoms with Gasteiger partial charge in [0.1, 0.15) is 10.7 Å². The van der Waals surface area contributed by atoms with Crippen molar-refractivity contribution in [3.63, 3.8) is 0 Å².